The van der Waals surface area contributed by atoms with E-state index in [-0.39, 0.29) is 40.3 Å². The lowest BCUT2D eigenvalue weighted by molar-refractivity contribution is -0.145. The Labute approximate surface area is 262 Å². The quantitative estimate of drug-likeness (QED) is 0.215. The van der Waals surface area contributed by atoms with Crippen LogP contribution in [0.3, 0.4) is 0 Å². The molecule has 0 aromatic carbocycles. The van der Waals surface area contributed by atoms with Gasteiger partial charge in [-0.1, -0.05) is 50.0 Å². The van der Waals surface area contributed by atoms with Gasteiger partial charge in [-0.3, -0.25) is 14.4 Å². The van der Waals surface area contributed by atoms with Gasteiger partial charge in [0.25, 0.3) is 0 Å². The molecule has 7 fully saturated rings. The molecule has 6 saturated carbocycles. The number of fused-ring (bicyclic) bond motifs is 6. The smallest absolute Gasteiger partial charge is 0.305 e. The lowest BCUT2D eigenvalue weighted by atomic mass is 9.52. The predicted octanol–water partition coefficient (Wildman–Crippen LogP) is 6.83. The summed E-state index contributed by atoms with van der Waals surface area (Å²) in [4.78, 5) is 37.9. The average Bonchev–Trinajstić information content (AvgIpc) is 3.88. The van der Waals surface area contributed by atoms with Gasteiger partial charge in [0.2, 0.25) is 0 Å². The molecular weight excluding hydrogens is 552 g/mol. The zero-order valence-corrected chi connectivity index (χ0v) is 27.3. The first-order valence-electron chi connectivity index (χ1n) is 17.8. The van der Waals surface area contributed by atoms with Crippen molar-refractivity contribution in [3.05, 3.63) is 22.8 Å². The van der Waals surface area contributed by atoms with Gasteiger partial charge in [0.15, 0.2) is 0 Å². The molecule has 6 nitrogen and oxygen atoms in total. The van der Waals surface area contributed by atoms with E-state index in [4.69, 9.17) is 9.47 Å². The lowest BCUT2D eigenvalue weighted by Gasteiger charge is -2.51. The maximum atomic E-state index is 13.2. The second-order valence-electron chi connectivity index (χ2n) is 17.2. The second-order valence-corrected chi connectivity index (χ2v) is 17.2. The highest BCUT2D eigenvalue weighted by Crippen LogP contribution is 2.76. The van der Waals surface area contributed by atoms with E-state index in [9.17, 15) is 19.5 Å². The van der Waals surface area contributed by atoms with Crippen molar-refractivity contribution in [3.63, 3.8) is 0 Å². The van der Waals surface area contributed by atoms with Crippen LogP contribution in [0.1, 0.15) is 124 Å². The molecule has 7 aliphatic carbocycles. The normalized spacial score (nSPS) is 52.4. The number of hydrogen-bond donors (Lipinski definition) is 1. The van der Waals surface area contributed by atoms with Gasteiger partial charge in [-0.25, -0.2) is 0 Å². The first kappa shape index (κ1) is 29.6. The topological polar surface area (TPSA) is 93.2 Å². The minimum atomic E-state index is -0.885. The number of epoxide rings is 1. The third-order valence-corrected chi connectivity index (χ3v) is 15.4. The summed E-state index contributed by atoms with van der Waals surface area (Å²) >= 11 is 0. The van der Waals surface area contributed by atoms with E-state index >= 15 is 0 Å². The number of Topliss-reactive ketones (excluding diaryl/α,β-unsaturated/α-hetero) is 2. The van der Waals surface area contributed by atoms with Gasteiger partial charge in [0.05, 0.1) is 18.8 Å². The summed E-state index contributed by atoms with van der Waals surface area (Å²) < 4.78 is 11.8. The van der Waals surface area contributed by atoms with Crippen LogP contribution in [-0.4, -0.2) is 47.1 Å². The molecule has 1 spiro atoms. The van der Waals surface area contributed by atoms with Gasteiger partial charge in [-0.2, -0.15) is 0 Å². The number of aliphatic hydroxyl groups is 1. The van der Waals surface area contributed by atoms with E-state index in [0.29, 0.717) is 60.9 Å². The van der Waals surface area contributed by atoms with E-state index in [1.54, 1.807) is 0 Å². The number of ketones is 2. The summed E-state index contributed by atoms with van der Waals surface area (Å²) in [6.45, 7) is 7.07. The molecule has 1 N–H and O–H groups in total. The number of carbonyl (C=O) groups excluding carboxylic acids is 3. The van der Waals surface area contributed by atoms with Crippen molar-refractivity contribution in [1.29, 1.82) is 0 Å². The number of rotatable bonds is 4. The Balaban J connectivity index is 1.14. The van der Waals surface area contributed by atoms with Crippen molar-refractivity contribution < 1.29 is 29.0 Å². The fourth-order valence-corrected chi connectivity index (χ4v) is 12.5. The number of hydrogen-bond acceptors (Lipinski definition) is 6. The molecular formula is C38H52O6. The monoisotopic (exact) mass is 604 g/mol. The van der Waals surface area contributed by atoms with Crippen molar-refractivity contribution in [2.45, 2.75) is 141 Å². The first-order chi connectivity index (χ1) is 20.9. The Hall–Kier alpha value is -1.79. The third-order valence-electron chi connectivity index (χ3n) is 15.4. The van der Waals surface area contributed by atoms with E-state index in [2.05, 4.69) is 26.8 Å². The Morgan fingerprint density at radius 2 is 1.82 bits per heavy atom. The first-order valence-corrected chi connectivity index (χ1v) is 17.8. The predicted molar refractivity (Wildman–Crippen MR) is 165 cm³/mol. The molecule has 44 heavy (non-hydrogen) atoms. The van der Waals surface area contributed by atoms with Crippen LogP contribution in [0.5, 0.6) is 0 Å². The standard InChI is InChI=1S/C38H52O6/c1-22-5-7-28-27-8-6-25(39)16-23(27)18-36(29(28)15-22)20-31(36)30-17-26(40)10-12-34(30,2)38-19-24-9-13-37(42,14-11-33(41)43-4)35(24,3)21-32(38)44-38/h18,22,24,27-29,32,42H,5-17,19-21H2,1-4H3/t22-,24+,27?,28?,29?,32?,34+,35+,36?,37-,38+/m1/s1. The maximum absolute atomic E-state index is 13.2. The third kappa shape index (κ3) is 3.94. The molecule has 5 unspecified atom stereocenters. The molecule has 1 aliphatic heterocycles. The Morgan fingerprint density at radius 3 is 2.61 bits per heavy atom. The molecule has 1 saturated heterocycles. The summed E-state index contributed by atoms with van der Waals surface area (Å²) in [5.41, 5.74) is 2.72. The van der Waals surface area contributed by atoms with Crippen molar-refractivity contribution in [2.24, 2.45) is 45.8 Å². The van der Waals surface area contributed by atoms with Crippen LogP contribution >= 0.6 is 0 Å². The second kappa shape index (κ2) is 9.62. The number of methoxy groups -OCH3 is 1. The van der Waals surface area contributed by atoms with Gasteiger partial charge in [0, 0.05) is 48.3 Å². The van der Waals surface area contributed by atoms with Crippen LogP contribution in [0.25, 0.3) is 0 Å². The molecule has 6 heteroatoms. The number of carbonyl (C=O) groups is 3. The fraction of sp³-hybridized carbons (Fsp3) is 0.816. The molecule has 0 aromatic heterocycles. The highest BCUT2D eigenvalue weighted by molar-refractivity contribution is 5.84. The van der Waals surface area contributed by atoms with E-state index in [1.807, 2.05) is 0 Å². The molecule has 8 aliphatic rings. The van der Waals surface area contributed by atoms with E-state index in [1.165, 1.54) is 43.1 Å². The van der Waals surface area contributed by atoms with Crippen LogP contribution in [0.15, 0.2) is 22.8 Å². The molecule has 0 aromatic rings. The molecule has 0 radical (unpaired) electrons. The van der Waals surface area contributed by atoms with Gasteiger partial charge in [-0.05, 0) is 93.8 Å². The maximum Gasteiger partial charge on any atom is 0.305 e. The molecule has 0 amide bonds. The van der Waals surface area contributed by atoms with Crippen molar-refractivity contribution in [3.8, 4) is 0 Å². The number of ether oxygens (including phenoxy) is 2. The van der Waals surface area contributed by atoms with Crippen LogP contribution in [0, 0.1) is 45.8 Å². The van der Waals surface area contributed by atoms with Gasteiger partial charge in [0.1, 0.15) is 17.2 Å². The zero-order valence-electron chi connectivity index (χ0n) is 27.3. The Kier molecular flexibility index (Phi) is 6.47. The fourth-order valence-electron chi connectivity index (χ4n) is 12.5. The average molecular weight is 605 g/mol. The number of allylic oxidation sites excluding steroid dienone is 3. The number of esters is 1. The molecule has 1 heterocycles. The van der Waals surface area contributed by atoms with Gasteiger partial charge in [-0.15, -0.1) is 0 Å². The Morgan fingerprint density at radius 1 is 1.02 bits per heavy atom. The van der Waals surface area contributed by atoms with Crippen molar-refractivity contribution in [1.82, 2.24) is 0 Å². The molecule has 240 valence electrons. The summed E-state index contributed by atoms with van der Waals surface area (Å²) in [6.07, 6.45) is 16.0. The summed E-state index contributed by atoms with van der Waals surface area (Å²) in [5.74, 6) is 3.43. The minimum Gasteiger partial charge on any atom is -0.469 e. The van der Waals surface area contributed by atoms with Crippen LogP contribution < -0.4 is 0 Å². The van der Waals surface area contributed by atoms with Crippen molar-refractivity contribution >= 4 is 17.5 Å². The SMILES string of the molecule is COC(=O)CC[C@]1(O)CC[C@H]2C[C@]3([C@@]4(C)CCC(=O)CC4=C4CC45C=C4CC(=O)CCC4C4CC[C@@H](C)CC45)OC3C[C@@]21C. The Bertz CT molecular complexity index is 1380. The van der Waals surface area contributed by atoms with Crippen molar-refractivity contribution in [2.75, 3.05) is 7.11 Å². The summed E-state index contributed by atoms with van der Waals surface area (Å²) in [5, 5.41) is 11.9. The largest absolute Gasteiger partial charge is 0.469 e. The van der Waals surface area contributed by atoms with Crippen LogP contribution in [-0.2, 0) is 23.9 Å². The lowest BCUT2D eigenvalue weighted by Crippen LogP contribution is -2.54. The molecule has 8 rings (SSSR count). The van der Waals surface area contributed by atoms with Gasteiger partial charge >= 0.3 is 5.97 Å². The van der Waals surface area contributed by atoms with Crippen LogP contribution in [0.2, 0.25) is 0 Å². The summed E-state index contributed by atoms with van der Waals surface area (Å²) in [7, 11) is 1.41. The van der Waals surface area contributed by atoms with Gasteiger partial charge < -0.3 is 14.6 Å². The zero-order chi connectivity index (χ0) is 30.9. The highest BCUT2D eigenvalue weighted by atomic mass is 16.6. The highest BCUT2D eigenvalue weighted by Gasteiger charge is 2.77. The summed E-state index contributed by atoms with van der Waals surface area (Å²) in [6, 6.07) is 0. The van der Waals surface area contributed by atoms with Crippen LogP contribution in [0.4, 0.5) is 0 Å². The van der Waals surface area contributed by atoms with E-state index < -0.39 is 5.60 Å². The van der Waals surface area contributed by atoms with E-state index in [0.717, 1.165) is 57.3 Å². The minimum absolute atomic E-state index is 0.0305. The molecule has 11 atom stereocenters. The molecule has 0 bridgehead atoms.